The molecule has 2 N–H and O–H groups in total. The maximum Gasteiger partial charge on any atom is 0.304 e. The first-order valence-electron chi connectivity index (χ1n) is 4.58. The minimum absolute atomic E-state index is 0.0231. The molecule has 0 aliphatic rings. The molecular weight excluding hydrogens is 198 g/mol. The number of thiophene rings is 1. The van der Waals surface area contributed by atoms with Crippen LogP contribution in [0, 0.1) is 6.92 Å². The number of carbonyl (C=O) groups is 1. The Balaban J connectivity index is 2.30. The van der Waals surface area contributed by atoms with Crippen LogP contribution in [0.5, 0.6) is 0 Å². The molecule has 78 valence electrons. The van der Waals surface area contributed by atoms with Crippen LogP contribution in [-0.4, -0.2) is 17.1 Å². The van der Waals surface area contributed by atoms with Gasteiger partial charge in [0, 0.05) is 22.3 Å². The molecule has 1 rings (SSSR count). The summed E-state index contributed by atoms with van der Waals surface area (Å²) in [6.45, 7) is 4.70. The highest BCUT2D eigenvalue weighted by Crippen LogP contribution is 2.14. The van der Waals surface area contributed by atoms with Crippen LogP contribution in [0.4, 0.5) is 0 Å². The fraction of sp³-hybridized carbons (Fsp3) is 0.500. The van der Waals surface area contributed by atoms with Crippen LogP contribution in [0.1, 0.15) is 23.1 Å². The minimum atomic E-state index is -0.757. The Bertz CT molecular complexity index is 309. The van der Waals surface area contributed by atoms with Crippen molar-refractivity contribution in [1.29, 1.82) is 0 Å². The molecule has 0 aromatic carbocycles. The van der Waals surface area contributed by atoms with Crippen LogP contribution < -0.4 is 5.32 Å². The number of hydrogen-bond donors (Lipinski definition) is 2. The molecule has 0 fully saturated rings. The van der Waals surface area contributed by atoms with E-state index in [9.17, 15) is 4.79 Å². The summed E-state index contributed by atoms with van der Waals surface area (Å²) in [5, 5.41) is 11.7. The summed E-state index contributed by atoms with van der Waals surface area (Å²) in [5.41, 5.74) is 0. The zero-order valence-corrected chi connectivity index (χ0v) is 9.23. The second-order valence-corrected chi connectivity index (χ2v) is 4.76. The van der Waals surface area contributed by atoms with Gasteiger partial charge in [0.25, 0.3) is 0 Å². The summed E-state index contributed by atoms with van der Waals surface area (Å²) in [7, 11) is 0. The standard InChI is InChI=1S/C10H15NO2S/c1-7(5-10(12)13)11-6-9-4-3-8(2)14-9/h3-4,7,11H,5-6H2,1-2H3,(H,12,13). The second-order valence-electron chi connectivity index (χ2n) is 3.39. The van der Waals surface area contributed by atoms with Crippen molar-refractivity contribution in [2.24, 2.45) is 0 Å². The van der Waals surface area contributed by atoms with Crippen LogP contribution in [0.2, 0.25) is 0 Å². The SMILES string of the molecule is Cc1ccc(CNC(C)CC(=O)O)s1. The van der Waals surface area contributed by atoms with Gasteiger partial charge in [0.2, 0.25) is 0 Å². The molecule has 3 nitrogen and oxygen atoms in total. The van der Waals surface area contributed by atoms with E-state index in [1.165, 1.54) is 9.75 Å². The number of aliphatic carboxylic acids is 1. The second kappa shape index (κ2) is 5.12. The summed E-state index contributed by atoms with van der Waals surface area (Å²) in [4.78, 5) is 12.9. The summed E-state index contributed by atoms with van der Waals surface area (Å²) in [5.74, 6) is -0.757. The molecule has 4 heteroatoms. The Morgan fingerprint density at radius 3 is 2.86 bits per heavy atom. The Morgan fingerprint density at radius 2 is 2.36 bits per heavy atom. The van der Waals surface area contributed by atoms with Gasteiger partial charge in [-0.25, -0.2) is 0 Å². The van der Waals surface area contributed by atoms with Crippen molar-refractivity contribution in [1.82, 2.24) is 5.32 Å². The fourth-order valence-electron chi connectivity index (χ4n) is 1.19. The summed E-state index contributed by atoms with van der Waals surface area (Å²) in [6, 6.07) is 4.17. The van der Waals surface area contributed by atoms with Gasteiger partial charge in [-0.2, -0.15) is 0 Å². The third-order valence-electron chi connectivity index (χ3n) is 1.90. The summed E-state index contributed by atoms with van der Waals surface area (Å²) >= 11 is 1.74. The Labute approximate surface area is 87.8 Å². The molecular formula is C10H15NO2S. The van der Waals surface area contributed by atoms with Gasteiger partial charge in [-0.05, 0) is 26.0 Å². The average molecular weight is 213 g/mol. The van der Waals surface area contributed by atoms with E-state index in [1.807, 2.05) is 6.92 Å². The highest BCUT2D eigenvalue weighted by atomic mass is 32.1. The monoisotopic (exact) mass is 213 g/mol. The Kier molecular flexibility index (Phi) is 4.10. The normalized spacial score (nSPS) is 12.7. The quantitative estimate of drug-likeness (QED) is 0.786. The van der Waals surface area contributed by atoms with E-state index in [1.54, 1.807) is 11.3 Å². The van der Waals surface area contributed by atoms with E-state index in [0.29, 0.717) is 0 Å². The van der Waals surface area contributed by atoms with Crippen molar-refractivity contribution in [3.05, 3.63) is 21.9 Å². The fourth-order valence-corrected chi connectivity index (χ4v) is 2.03. The van der Waals surface area contributed by atoms with Crippen LogP contribution in [0.3, 0.4) is 0 Å². The third kappa shape index (κ3) is 3.89. The molecule has 1 aromatic rings. The summed E-state index contributed by atoms with van der Waals surface area (Å²) < 4.78 is 0. The van der Waals surface area contributed by atoms with Gasteiger partial charge in [0.1, 0.15) is 0 Å². The van der Waals surface area contributed by atoms with Gasteiger partial charge in [-0.3, -0.25) is 4.79 Å². The lowest BCUT2D eigenvalue weighted by atomic mass is 10.2. The van der Waals surface area contributed by atoms with Crippen molar-refractivity contribution in [2.45, 2.75) is 32.9 Å². The molecule has 1 heterocycles. The maximum atomic E-state index is 10.4. The third-order valence-corrected chi connectivity index (χ3v) is 2.90. The molecule has 0 saturated heterocycles. The van der Waals surface area contributed by atoms with Crippen LogP contribution in [0.25, 0.3) is 0 Å². The lowest BCUT2D eigenvalue weighted by Gasteiger charge is -2.09. The predicted molar refractivity (Wildman–Crippen MR) is 57.6 cm³/mol. The van der Waals surface area contributed by atoms with Crippen molar-refractivity contribution in [3.63, 3.8) is 0 Å². The van der Waals surface area contributed by atoms with Crippen LogP contribution in [0.15, 0.2) is 12.1 Å². The molecule has 0 bridgehead atoms. The van der Waals surface area contributed by atoms with E-state index in [2.05, 4.69) is 24.4 Å². The average Bonchev–Trinajstić information content (AvgIpc) is 2.47. The van der Waals surface area contributed by atoms with Crippen molar-refractivity contribution < 1.29 is 9.90 Å². The van der Waals surface area contributed by atoms with E-state index >= 15 is 0 Å². The lowest BCUT2D eigenvalue weighted by molar-refractivity contribution is -0.137. The Hall–Kier alpha value is -0.870. The molecule has 1 unspecified atom stereocenters. The van der Waals surface area contributed by atoms with Gasteiger partial charge in [-0.1, -0.05) is 0 Å². The summed E-state index contributed by atoms with van der Waals surface area (Å²) in [6.07, 6.45) is 0.171. The van der Waals surface area contributed by atoms with Crippen molar-refractivity contribution in [2.75, 3.05) is 0 Å². The highest BCUT2D eigenvalue weighted by molar-refractivity contribution is 7.11. The molecule has 0 amide bonds. The van der Waals surface area contributed by atoms with E-state index in [-0.39, 0.29) is 12.5 Å². The van der Waals surface area contributed by atoms with Gasteiger partial charge in [-0.15, -0.1) is 11.3 Å². The van der Waals surface area contributed by atoms with Crippen LogP contribution in [-0.2, 0) is 11.3 Å². The number of nitrogens with one attached hydrogen (secondary N) is 1. The van der Waals surface area contributed by atoms with Gasteiger partial charge >= 0.3 is 5.97 Å². The largest absolute Gasteiger partial charge is 0.481 e. The smallest absolute Gasteiger partial charge is 0.304 e. The molecule has 0 saturated carbocycles. The molecule has 14 heavy (non-hydrogen) atoms. The topological polar surface area (TPSA) is 49.3 Å². The number of carboxylic acids is 1. The number of aryl methyl sites for hydroxylation is 1. The first kappa shape index (κ1) is 11.2. The molecule has 0 spiro atoms. The van der Waals surface area contributed by atoms with Gasteiger partial charge in [0.05, 0.1) is 6.42 Å². The zero-order chi connectivity index (χ0) is 10.6. The van der Waals surface area contributed by atoms with E-state index in [0.717, 1.165) is 6.54 Å². The van der Waals surface area contributed by atoms with E-state index in [4.69, 9.17) is 5.11 Å². The minimum Gasteiger partial charge on any atom is -0.481 e. The zero-order valence-electron chi connectivity index (χ0n) is 8.41. The molecule has 0 aliphatic carbocycles. The predicted octanol–water partition coefficient (Wildman–Crippen LogP) is 2.01. The number of carboxylic acid groups (broad SMARTS) is 1. The molecule has 0 radical (unpaired) electrons. The van der Waals surface area contributed by atoms with Crippen molar-refractivity contribution >= 4 is 17.3 Å². The number of rotatable bonds is 5. The molecule has 1 atom stereocenters. The first-order valence-corrected chi connectivity index (χ1v) is 5.40. The highest BCUT2D eigenvalue weighted by Gasteiger charge is 2.06. The van der Waals surface area contributed by atoms with Gasteiger partial charge < -0.3 is 10.4 Å². The first-order chi connectivity index (χ1) is 6.58. The van der Waals surface area contributed by atoms with Crippen molar-refractivity contribution in [3.8, 4) is 0 Å². The Morgan fingerprint density at radius 1 is 1.64 bits per heavy atom. The van der Waals surface area contributed by atoms with E-state index < -0.39 is 5.97 Å². The van der Waals surface area contributed by atoms with Gasteiger partial charge in [0.15, 0.2) is 0 Å². The molecule has 0 aliphatic heterocycles. The van der Waals surface area contributed by atoms with Crippen LogP contribution >= 0.6 is 11.3 Å². The number of hydrogen-bond acceptors (Lipinski definition) is 3. The lowest BCUT2D eigenvalue weighted by Crippen LogP contribution is -2.27. The molecule has 1 aromatic heterocycles. The maximum absolute atomic E-state index is 10.4.